The normalized spacial score (nSPS) is 14.9. The predicted octanol–water partition coefficient (Wildman–Crippen LogP) is 24.9. The van der Waals surface area contributed by atoms with E-state index >= 15 is 0 Å². The summed E-state index contributed by atoms with van der Waals surface area (Å²) in [4.78, 5) is 23.8. The minimum absolute atomic E-state index is 0.0345. The van der Waals surface area contributed by atoms with E-state index in [1.54, 1.807) is 12.1 Å². The third kappa shape index (κ3) is 24.8. The van der Waals surface area contributed by atoms with Crippen molar-refractivity contribution in [1.82, 2.24) is 0 Å². The average molecular weight is 1810 g/mol. The molecule has 0 aromatic heterocycles. The van der Waals surface area contributed by atoms with Crippen molar-refractivity contribution in [1.29, 1.82) is 0 Å². The summed E-state index contributed by atoms with van der Waals surface area (Å²) in [5.74, 6) is -1.46. The van der Waals surface area contributed by atoms with Gasteiger partial charge >= 0.3 is 43.0 Å². The number of carbonyl (C=O) groups is 2. The van der Waals surface area contributed by atoms with Crippen molar-refractivity contribution >= 4 is 70.0 Å². The number of ether oxygens (including phenoxy) is 2. The van der Waals surface area contributed by atoms with Crippen molar-refractivity contribution in [3.63, 3.8) is 0 Å². The summed E-state index contributed by atoms with van der Waals surface area (Å²) in [6.07, 6.45) is 8.00. The Balaban J connectivity index is 0.000000261. The number of halogens is 3. The van der Waals surface area contributed by atoms with E-state index in [1.165, 1.54) is 57.7 Å². The molecule has 9 rings (SSSR count). The molecule has 0 bridgehead atoms. The van der Waals surface area contributed by atoms with E-state index < -0.39 is 57.3 Å². The molecule has 1 aliphatic rings. The summed E-state index contributed by atoms with van der Waals surface area (Å²) in [5, 5.41) is 23.3. The zero-order valence-corrected chi connectivity index (χ0v) is 85.6. The molecule has 1 aliphatic heterocycles. The Morgan fingerprint density at radius 3 is 1.21 bits per heavy atom. The summed E-state index contributed by atoms with van der Waals surface area (Å²) in [6, 6.07) is 54.4. The number of alkyl halides is 3. The maximum Gasteiger partial charge on any atom is 0.534 e. The van der Waals surface area contributed by atoms with Crippen LogP contribution in [0.15, 0.2) is 170 Å². The van der Waals surface area contributed by atoms with Gasteiger partial charge in [-0.1, -0.05) is 271 Å². The smallest absolute Gasteiger partial charge is 0.534 e. The van der Waals surface area contributed by atoms with E-state index in [0.717, 1.165) is 92.0 Å². The first kappa shape index (κ1) is 105. The van der Waals surface area contributed by atoms with Crippen molar-refractivity contribution in [3.05, 3.63) is 231 Å². The van der Waals surface area contributed by atoms with Crippen LogP contribution in [-0.4, -0.2) is 106 Å². The van der Waals surface area contributed by atoms with Gasteiger partial charge in [-0.25, -0.2) is 0 Å². The Bertz CT molecular complexity index is 5070. The van der Waals surface area contributed by atoms with Gasteiger partial charge in [0.25, 0.3) is 0 Å². The molecule has 8 aromatic rings. The molecule has 8 aromatic carbocycles. The fraction of sp³-hybridized carbons (Fsp3) is 0.519. The molecule has 1 fully saturated rings. The molecule has 2 unspecified atom stereocenters. The first-order valence-corrected chi connectivity index (χ1v) is 53.9. The number of rotatable bonds is 30. The van der Waals surface area contributed by atoms with E-state index in [9.17, 15) is 41.4 Å². The van der Waals surface area contributed by atoms with E-state index in [2.05, 4.69) is 255 Å². The minimum atomic E-state index is -5.96. The van der Waals surface area contributed by atoms with Gasteiger partial charge < -0.3 is 46.5 Å². The Morgan fingerprint density at radius 2 is 0.857 bits per heavy atom. The van der Waals surface area contributed by atoms with Crippen LogP contribution >= 0.6 is 0 Å². The molecule has 0 spiro atoms. The highest BCUT2D eigenvalue weighted by atomic mass is 32.2. The quantitative estimate of drug-likeness (QED) is 0.0188. The lowest BCUT2D eigenvalue weighted by molar-refractivity contribution is -0.140. The number of methoxy groups -OCH3 is 2. The average Bonchev–Trinajstić information content (AvgIpc) is 0.981. The number of hydrogen-bond donors (Lipinski definition) is 2. The third-order valence-corrected chi connectivity index (χ3v) is 42.3. The van der Waals surface area contributed by atoms with Gasteiger partial charge in [0.1, 0.15) is 23.0 Å². The largest absolute Gasteiger partial charge is 0.534 e. The fourth-order valence-electron chi connectivity index (χ4n) is 16.5. The summed E-state index contributed by atoms with van der Waals surface area (Å²) < 4.78 is 110. The lowest BCUT2D eigenvalue weighted by atomic mass is 9.67. The predicted molar refractivity (Wildman–Crippen MR) is 519 cm³/mol. The molecule has 1 saturated heterocycles. The second kappa shape index (κ2) is 40.7. The highest BCUT2D eigenvalue weighted by Gasteiger charge is 2.55. The van der Waals surface area contributed by atoms with E-state index in [1.807, 2.05) is 99.6 Å². The van der Waals surface area contributed by atoms with Crippen molar-refractivity contribution in [2.24, 2.45) is 10.8 Å². The molecule has 1 heterocycles. The summed E-state index contributed by atoms with van der Waals surface area (Å²) in [6.45, 7) is 67.5. The van der Waals surface area contributed by atoms with Gasteiger partial charge in [0.05, 0.1) is 50.5 Å². The van der Waals surface area contributed by atoms with Crippen molar-refractivity contribution < 1.29 is 77.6 Å². The van der Waals surface area contributed by atoms with Gasteiger partial charge in [0.15, 0.2) is 16.6 Å². The molecule has 22 heteroatoms. The molecular formula is C104H148BF3O14SSi3. The lowest BCUT2D eigenvalue weighted by Gasteiger charge is -2.43. The van der Waals surface area contributed by atoms with Crippen LogP contribution in [0.1, 0.15) is 259 Å². The number of aryl methyl sites for hydroxylation is 5. The van der Waals surface area contributed by atoms with Gasteiger partial charge in [-0.05, 0) is 259 Å². The third-order valence-electron chi connectivity index (χ3n) is 27.4. The number of hydrogen-bond acceptors (Lipinski definition) is 14. The number of phenols is 2. The maximum atomic E-state index is 13.0. The summed E-state index contributed by atoms with van der Waals surface area (Å²) >= 11 is 0. The first-order chi connectivity index (χ1) is 58.0. The van der Waals surface area contributed by atoms with Crippen LogP contribution in [0.2, 0.25) is 41.3 Å². The number of benzene rings is 8. The molecule has 0 amide bonds. The van der Waals surface area contributed by atoms with Gasteiger partial charge in [0.2, 0.25) is 0 Å². The molecule has 2 atom stereocenters. The lowest BCUT2D eigenvalue weighted by Crippen LogP contribution is -2.68. The monoisotopic (exact) mass is 1800 g/mol. The minimum Gasteiger partial charge on any atom is -0.534 e. The van der Waals surface area contributed by atoms with Crippen LogP contribution in [0.3, 0.4) is 0 Å². The van der Waals surface area contributed by atoms with Crippen LogP contribution in [0.4, 0.5) is 13.2 Å². The van der Waals surface area contributed by atoms with Gasteiger partial charge in [-0.15, -0.1) is 0 Å². The Labute approximate surface area is 758 Å². The maximum absolute atomic E-state index is 13.0. The highest BCUT2D eigenvalue weighted by molar-refractivity contribution is 7.88. The molecular weight excluding hydrogens is 1660 g/mol. The Morgan fingerprint density at radius 1 is 0.476 bits per heavy atom. The molecule has 0 aliphatic carbocycles. The second-order valence-corrected chi connectivity index (χ2v) is 57.0. The van der Waals surface area contributed by atoms with E-state index in [0.29, 0.717) is 16.7 Å². The van der Waals surface area contributed by atoms with Crippen LogP contribution in [0.25, 0.3) is 11.1 Å². The van der Waals surface area contributed by atoms with Crippen LogP contribution in [0, 0.1) is 31.6 Å². The number of esters is 2. The first-order valence-electron chi connectivity index (χ1n) is 44.8. The van der Waals surface area contributed by atoms with Gasteiger partial charge in [-0.3, -0.25) is 9.59 Å². The van der Waals surface area contributed by atoms with Crippen molar-refractivity contribution in [2.45, 2.75) is 325 Å². The van der Waals surface area contributed by atoms with Gasteiger partial charge in [0, 0.05) is 22.5 Å². The van der Waals surface area contributed by atoms with Crippen molar-refractivity contribution in [2.75, 3.05) is 14.2 Å². The number of aromatic hydroxyl groups is 2. The molecule has 0 saturated carbocycles. The fourth-order valence-corrected chi connectivity index (χ4v) is 24.4. The van der Waals surface area contributed by atoms with Crippen molar-refractivity contribution in [3.8, 4) is 34.1 Å². The highest BCUT2D eigenvalue weighted by Crippen LogP contribution is 2.49. The molecule has 126 heavy (non-hydrogen) atoms. The topological polar surface area (TPSA) is 183 Å². The molecule has 2 N–H and O–H groups in total. The van der Waals surface area contributed by atoms with Crippen LogP contribution in [0.5, 0.6) is 23.0 Å². The molecule has 14 nitrogen and oxygen atoms in total. The Kier molecular flexibility index (Phi) is 34.0. The number of carbonyl (C=O) groups excluding carboxylic acids is 2. The van der Waals surface area contributed by atoms with Gasteiger partial charge in [-0.2, -0.15) is 21.6 Å². The zero-order chi connectivity index (χ0) is 95.0. The van der Waals surface area contributed by atoms with E-state index in [4.69, 9.17) is 27.3 Å². The van der Waals surface area contributed by atoms with E-state index in [-0.39, 0.29) is 104 Å². The number of phenolic OH excluding ortho intramolecular Hbond substituents is 2. The second-order valence-electron chi connectivity index (χ2n) is 41.8. The Hall–Kier alpha value is -7.80. The molecule has 690 valence electrons. The molecule has 0 radical (unpaired) electrons. The summed E-state index contributed by atoms with van der Waals surface area (Å²) in [7, 11) is -10.8. The SMILES string of the molecule is CCC(CC)(c1ccc(CCC(O[Si](C)(C)C(C)(C)C)C(C)(C)C)c(C)c1)c1ccc(-c2cc(O)cc(CC(=O)OC)c2)c(O)c1.CCC(CC)(c1ccc(CCC(O[Si](C)(C)C(C)(C)C)C(C)(C)C)c(C)c1)c1ccc(B2OC(C)(C)C(C)(C)O2)c(C)c1.COC(=O)Cc1cc(O[Si](c2ccccc2)(c2ccccc2)C(C)(C)C)cc(OS(=O)(=O)C(F)(F)F)c1. The zero-order valence-electron chi connectivity index (χ0n) is 81.8. The van der Waals surface area contributed by atoms with Crippen LogP contribution in [-0.2, 0) is 83.9 Å². The van der Waals surface area contributed by atoms with Crippen LogP contribution < -0.4 is 24.4 Å². The summed E-state index contributed by atoms with van der Waals surface area (Å²) in [5.41, 5.74) is 8.44. The standard InChI is InChI=1S/C40H58O5Si.C38H63BO3Si.C26H27F3O6SSi/c1-13-40(14-2,32-18-19-34(35(42)26-32)30-22-28(23-33(41)25-30)24-37(43)44-10)31-17-15-29(27(3)21-31)16-20-36(38(4,5)6)45-46(11,12)39(7,8)9;1-17-38(18-2,31-22-23-32(28(4)26-31)39-41-36(11,12)37(13,14)42-39)30-21-19-29(27(3)25-30)20-24-33(34(5,6)7)40-43(15,16)35(8,9)10;1-25(2,3)37(22-11-7-5-8-12-22,23-13-9-6-10-14-23)35-21-16-19(17-24(30)33-4)15-20(18-21)34-36(31,32)26(27,28)29/h15,17-19,21-23,25-26,36,41-42H,13-14,16,20,24H2,1-12H3;19,21-23,25-26,33H,17-18,20,24H2,1-16H3;5-16,18H,17H2,1-4H3.